The van der Waals surface area contributed by atoms with Gasteiger partial charge in [-0.2, -0.15) is 0 Å². The number of rotatable bonds is 10. The largest absolute Gasteiger partial charge is 0.493 e. The van der Waals surface area contributed by atoms with E-state index >= 15 is 0 Å². The predicted molar refractivity (Wildman–Crippen MR) is 162 cm³/mol. The van der Waals surface area contributed by atoms with Crippen LogP contribution in [0.3, 0.4) is 0 Å². The fourth-order valence-corrected chi connectivity index (χ4v) is 6.45. The van der Waals surface area contributed by atoms with Crippen molar-refractivity contribution in [1.29, 1.82) is 0 Å². The molecule has 0 amide bonds. The van der Waals surface area contributed by atoms with Crippen LogP contribution in [0.2, 0.25) is 0 Å². The zero-order valence-corrected chi connectivity index (χ0v) is 25.4. The van der Waals surface area contributed by atoms with Crippen LogP contribution in [-0.2, 0) is 10.3 Å². The number of thiophene rings is 1. The van der Waals surface area contributed by atoms with E-state index in [0.29, 0.717) is 9.78 Å². The van der Waals surface area contributed by atoms with Crippen LogP contribution in [-0.4, -0.2) is 43.1 Å². The van der Waals surface area contributed by atoms with Gasteiger partial charge in [-0.1, -0.05) is 71.4 Å². The lowest BCUT2D eigenvalue weighted by atomic mass is 9.94. The summed E-state index contributed by atoms with van der Waals surface area (Å²) in [5.74, 6) is 1.60. The van der Waals surface area contributed by atoms with Gasteiger partial charge in [-0.15, -0.1) is 28.0 Å². The van der Waals surface area contributed by atoms with Gasteiger partial charge in [0.15, 0.2) is 0 Å². The normalized spacial score (nSPS) is 19.6. The number of hydrogen-bond donors (Lipinski definition) is 2. The summed E-state index contributed by atoms with van der Waals surface area (Å²) in [4.78, 5) is 25.3. The summed E-state index contributed by atoms with van der Waals surface area (Å²) in [6.45, 7) is 15.2. The predicted octanol–water partition coefficient (Wildman–Crippen LogP) is 7.03. The first-order valence-corrected chi connectivity index (χ1v) is 15.9. The van der Waals surface area contributed by atoms with Crippen molar-refractivity contribution in [2.24, 2.45) is 11.1 Å². The van der Waals surface area contributed by atoms with E-state index in [1.165, 1.54) is 68.4 Å². The van der Waals surface area contributed by atoms with Gasteiger partial charge in [0.1, 0.15) is 5.75 Å². The SMILES string of the molecule is CC.CC.CCC1CC[NH+](CCCOc2ccccc2)CC1.O=NC(C(=O)O)(C1=CCCS1)c1cccs1. The number of aliphatic carboxylic acids is 1. The van der Waals surface area contributed by atoms with E-state index in [2.05, 4.69) is 12.1 Å². The molecule has 3 heterocycles. The molecule has 1 aromatic carbocycles. The maximum absolute atomic E-state index is 11.4. The van der Waals surface area contributed by atoms with Gasteiger partial charge in [0.05, 0.1) is 31.1 Å². The van der Waals surface area contributed by atoms with Crippen molar-refractivity contribution in [3.63, 3.8) is 0 Å². The number of carbonyl (C=O) groups is 1. The molecule has 6 nitrogen and oxygen atoms in total. The third-order valence-corrected chi connectivity index (χ3v) is 8.65. The summed E-state index contributed by atoms with van der Waals surface area (Å²) in [6, 6.07) is 13.5. The molecule has 1 unspecified atom stereocenters. The minimum absolute atomic E-state index is 0.468. The highest BCUT2D eigenvalue weighted by Gasteiger charge is 2.48. The smallest absolute Gasteiger partial charge is 0.346 e. The summed E-state index contributed by atoms with van der Waals surface area (Å²) in [7, 11) is 0. The topological polar surface area (TPSA) is 80.4 Å². The second-order valence-corrected chi connectivity index (χ2v) is 10.7. The molecule has 4 rings (SSSR count). The molecule has 2 aliphatic heterocycles. The van der Waals surface area contributed by atoms with Crippen molar-refractivity contribution in [1.82, 2.24) is 0 Å². The number of ether oxygens (including phenoxy) is 1. The van der Waals surface area contributed by atoms with Crippen LogP contribution < -0.4 is 9.64 Å². The Hall–Kier alpha value is -2.16. The molecule has 38 heavy (non-hydrogen) atoms. The van der Waals surface area contributed by atoms with E-state index < -0.39 is 11.5 Å². The van der Waals surface area contributed by atoms with Gasteiger partial charge in [-0.25, -0.2) is 4.79 Å². The van der Waals surface area contributed by atoms with Gasteiger partial charge in [0.2, 0.25) is 0 Å². The lowest BCUT2D eigenvalue weighted by molar-refractivity contribution is -0.906. The number of nitroso groups, excluding NO2 is 1. The van der Waals surface area contributed by atoms with Crippen LogP contribution in [0.1, 0.15) is 71.6 Å². The first-order chi connectivity index (χ1) is 18.6. The minimum Gasteiger partial charge on any atom is -0.493 e. The third-order valence-electron chi connectivity index (χ3n) is 6.46. The van der Waals surface area contributed by atoms with E-state index in [9.17, 15) is 14.8 Å². The van der Waals surface area contributed by atoms with Gasteiger partial charge in [0.25, 0.3) is 5.54 Å². The Balaban J connectivity index is 0.000000338. The number of hydrogen-bond acceptors (Lipinski definition) is 6. The van der Waals surface area contributed by atoms with E-state index in [1.807, 2.05) is 58.0 Å². The molecule has 1 saturated heterocycles. The minimum atomic E-state index is -1.73. The maximum atomic E-state index is 11.4. The van der Waals surface area contributed by atoms with Crippen molar-refractivity contribution in [2.45, 2.75) is 72.3 Å². The molecule has 2 aromatic rings. The maximum Gasteiger partial charge on any atom is 0.346 e. The first-order valence-electron chi connectivity index (χ1n) is 14.1. The van der Waals surface area contributed by atoms with Gasteiger partial charge >= 0.3 is 5.97 Å². The van der Waals surface area contributed by atoms with Crippen LogP contribution in [0.5, 0.6) is 5.75 Å². The molecule has 1 fully saturated rings. The highest BCUT2D eigenvalue weighted by Crippen LogP contribution is 2.45. The van der Waals surface area contributed by atoms with Crippen molar-refractivity contribution >= 4 is 29.1 Å². The van der Waals surface area contributed by atoms with E-state index in [-0.39, 0.29) is 0 Å². The molecule has 0 saturated carbocycles. The number of likely N-dealkylation sites (tertiary alicyclic amines) is 1. The monoisotopic (exact) mass is 563 g/mol. The quantitative estimate of drug-likeness (QED) is 0.240. The lowest BCUT2D eigenvalue weighted by Gasteiger charge is -2.28. The molecule has 1 aromatic heterocycles. The number of para-hydroxylation sites is 1. The number of quaternary nitrogens is 1. The average molecular weight is 564 g/mol. The molecule has 2 aliphatic rings. The lowest BCUT2D eigenvalue weighted by Crippen LogP contribution is -3.13. The Morgan fingerprint density at radius 3 is 2.29 bits per heavy atom. The summed E-state index contributed by atoms with van der Waals surface area (Å²) >= 11 is 2.63. The van der Waals surface area contributed by atoms with Crippen LogP contribution >= 0.6 is 23.1 Å². The highest BCUT2D eigenvalue weighted by molar-refractivity contribution is 8.03. The Bertz CT molecular complexity index is 914. The molecular formula is C30H47N2O4S2+. The molecule has 1 atom stereocenters. The standard InChI is InChI=1S/C16H25NO.C10H9NO3S2.2C2H6/c1-2-15-9-12-17(13-10-15)11-6-14-18-16-7-4-3-5-8-16;12-9(13)10(11-14,7-3-1-5-15-7)8-4-2-6-16-8;2*1-2/h3-5,7-8,15H,2,6,9-14H2,1H3;1,3-5H,2,6H2,(H,12,13);2*1-2H3/p+1. The Morgan fingerprint density at radius 2 is 1.79 bits per heavy atom. The molecule has 0 spiro atoms. The van der Waals surface area contributed by atoms with Gasteiger partial charge in [0, 0.05) is 17.1 Å². The molecule has 0 bridgehead atoms. The molecule has 0 radical (unpaired) electrons. The fraction of sp³-hybridized carbons (Fsp3) is 0.567. The van der Waals surface area contributed by atoms with Gasteiger partial charge in [-0.3, -0.25) is 0 Å². The van der Waals surface area contributed by atoms with Crippen molar-refractivity contribution in [3.05, 3.63) is 68.6 Å². The summed E-state index contributed by atoms with van der Waals surface area (Å²) in [5.41, 5.74) is -1.73. The zero-order valence-electron chi connectivity index (χ0n) is 23.8. The van der Waals surface area contributed by atoms with Crippen LogP contribution in [0.25, 0.3) is 0 Å². The second kappa shape index (κ2) is 19.8. The number of allylic oxidation sites excluding steroid dienone is 1. The van der Waals surface area contributed by atoms with E-state index in [1.54, 1.807) is 28.5 Å². The van der Waals surface area contributed by atoms with Crippen LogP contribution in [0, 0.1) is 10.8 Å². The number of piperidine rings is 1. The first kappa shape index (κ1) is 33.9. The second-order valence-electron chi connectivity index (χ2n) is 8.66. The third kappa shape index (κ3) is 10.2. The van der Waals surface area contributed by atoms with E-state index in [0.717, 1.165) is 30.4 Å². The number of benzene rings is 1. The van der Waals surface area contributed by atoms with Crippen molar-refractivity contribution < 1.29 is 19.5 Å². The Morgan fingerprint density at radius 1 is 1.11 bits per heavy atom. The molecule has 0 aliphatic carbocycles. The van der Waals surface area contributed by atoms with Crippen LogP contribution in [0.15, 0.2) is 64.0 Å². The van der Waals surface area contributed by atoms with Crippen LogP contribution in [0.4, 0.5) is 0 Å². The highest BCUT2D eigenvalue weighted by atomic mass is 32.2. The molecular weight excluding hydrogens is 516 g/mol. The van der Waals surface area contributed by atoms with Gasteiger partial charge < -0.3 is 14.7 Å². The van der Waals surface area contributed by atoms with E-state index in [4.69, 9.17) is 4.74 Å². The summed E-state index contributed by atoms with van der Waals surface area (Å²) in [5, 5.41) is 14.0. The Kier molecular flexibility index (Phi) is 17.7. The number of carboxylic acid groups (broad SMARTS) is 1. The summed E-state index contributed by atoms with van der Waals surface area (Å²) < 4.78 is 5.73. The Labute approximate surface area is 237 Å². The van der Waals surface area contributed by atoms with Crippen molar-refractivity contribution in [2.75, 3.05) is 32.0 Å². The zero-order chi connectivity index (χ0) is 28.2. The number of carboxylic acids is 1. The number of thioether (sulfide) groups is 1. The van der Waals surface area contributed by atoms with Gasteiger partial charge in [-0.05, 0) is 53.9 Å². The molecule has 2 N–H and O–H groups in total. The van der Waals surface area contributed by atoms with Crippen molar-refractivity contribution in [3.8, 4) is 5.75 Å². The summed E-state index contributed by atoms with van der Waals surface area (Å²) in [6.07, 6.45) is 7.96. The average Bonchev–Trinajstić information content (AvgIpc) is 3.72. The number of nitrogens with zero attached hydrogens (tertiary/aromatic N) is 1. The fourth-order valence-electron chi connectivity index (χ4n) is 4.39. The molecule has 212 valence electrons. The molecule has 8 heteroatoms. The number of nitrogens with one attached hydrogen (secondary N) is 1.